The number of hydrogen-bond acceptors (Lipinski definition) is 4. The Hall–Kier alpha value is -1.98. The molecule has 80 valence electrons. The highest BCUT2D eigenvalue weighted by Gasteiger charge is 2.21. The van der Waals surface area contributed by atoms with Crippen LogP contribution in [0.1, 0.15) is 17.3 Å². The van der Waals surface area contributed by atoms with Crippen molar-refractivity contribution in [1.29, 1.82) is 0 Å². The smallest absolute Gasteiger partial charge is 0.283 e. The van der Waals surface area contributed by atoms with E-state index in [1.807, 2.05) is 0 Å². The van der Waals surface area contributed by atoms with E-state index in [1.54, 1.807) is 0 Å². The topological polar surface area (TPSA) is 69.4 Å². The fourth-order valence-electron chi connectivity index (χ4n) is 1.13. The van der Waals surface area contributed by atoms with Crippen molar-refractivity contribution in [2.75, 3.05) is 7.11 Å². The van der Waals surface area contributed by atoms with Gasteiger partial charge in [-0.05, 0) is 6.92 Å². The highest BCUT2D eigenvalue weighted by atomic mass is 19.1. The molecular formula is C9H8FNO4. The fourth-order valence-corrected chi connectivity index (χ4v) is 1.13. The van der Waals surface area contributed by atoms with Gasteiger partial charge in [0.1, 0.15) is 0 Å². The highest BCUT2D eigenvalue weighted by Crippen LogP contribution is 2.27. The molecule has 0 saturated carbocycles. The van der Waals surface area contributed by atoms with E-state index in [2.05, 4.69) is 4.74 Å². The first-order chi connectivity index (χ1) is 6.97. The van der Waals surface area contributed by atoms with Crippen molar-refractivity contribution >= 4 is 11.5 Å². The molecule has 0 aliphatic rings. The van der Waals surface area contributed by atoms with Crippen LogP contribution in [0.4, 0.5) is 10.1 Å². The summed E-state index contributed by atoms with van der Waals surface area (Å²) in [5.74, 6) is -1.57. The Morgan fingerprint density at radius 3 is 2.53 bits per heavy atom. The van der Waals surface area contributed by atoms with Crippen LogP contribution in [-0.4, -0.2) is 17.8 Å². The van der Waals surface area contributed by atoms with Crippen LogP contribution < -0.4 is 4.74 Å². The Morgan fingerprint density at radius 1 is 1.53 bits per heavy atom. The van der Waals surface area contributed by atoms with Crippen LogP contribution in [0.5, 0.6) is 5.75 Å². The molecule has 5 nitrogen and oxygen atoms in total. The lowest BCUT2D eigenvalue weighted by Gasteiger charge is -2.04. The van der Waals surface area contributed by atoms with Gasteiger partial charge in [0.25, 0.3) is 5.69 Å². The largest absolute Gasteiger partial charge is 0.494 e. The van der Waals surface area contributed by atoms with Crippen molar-refractivity contribution < 1.29 is 18.8 Å². The highest BCUT2D eigenvalue weighted by molar-refractivity contribution is 5.98. The summed E-state index contributed by atoms with van der Waals surface area (Å²) < 4.78 is 17.7. The van der Waals surface area contributed by atoms with Gasteiger partial charge in [-0.1, -0.05) is 0 Å². The summed E-state index contributed by atoms with van der Waals surface area (Å²) in [6.45, 7) is 1.17. The molecular weight excluding hydrogens is 205 g/mol. The predicted octanol–water partition coefficient (Wildman–Crippen LogP) is 1.95. The van der Waals surface area contributed by atoms with E-state index in [1.165, 1.54) is 14.0 Å². The van der Waals surface area contributed by atoms with E-state index >= 15 is 0 Å². The number of nitrogens with zero attached hydrogens (tertiary/aromatic N) is 1. The Morgan fingerprint density at radius 2 is 2.13 bits per heavy atom. The molecule has 0 aliphatic heterocycles. The number of Topliss-reactive ketones (excluding diaryl/α,β-unsaturated/α-hetero) is 1. The van der Waals surface area contributed by atoms with Crippen LogP contribution in [0, 0.1) is 15.9 Å². The molecule has 0 unspecified atom stereocenters. The van der Waals surface area contributed by atoms with Crippen LogP contribution in [0.25, 0.3) is 0 Å². The third-order valence-electron chi connectivity index (χ3n) is 1.85. The number of ketones is 1. The van der Waals surface area contributed by atoms with E-state index in [-0.39, 0.29) is 11.3 Å². The summed E-state index contributed by atoms with van der Waals surface area (Å²) in [5, 5.41) is 10.5. The molecule has 0 aliphatic carbocycles. The first-order valence-electron chi connectivity index (χ1n) is 4.00. The number of carbonyl (C=O) groups excluding carboxylic acids is 1. The van der Waals surface area contributed by atoms with Crippen LogP contribution in [-0.2, 0) is 0 Å². The molecule has 0 aromatic heterocycles. The quantitative estimate of drug-likeness (QED) is 0.437. The van der Waals surface area contributed by atoms with Gasteiger partial charge in [-0.15, -0.1) is 0 Å². The second-order valence-electron chi connectivity index (χ2n) is 2.82. The predicted molar refractivity (Wildman–Crippen MR) is 49.6 cm³/mol. The summed E-state index contributed by atoms with van der Waals surface area (Å²) in [5.41, 5.74) is -0.723. The molecule has 0 atom stereocenters. The average Bonchev–Trinajstić information content (AvgIpc) is 2.16. The van der Waals surface area contributed by atoms with Crippen molar-refractivity contribution in [2.24, 2.45) is 0 Å². The number of hydrogen-bond donors (Lipinski definition) is 0. The maximum absolute atomic E-state index is 13.1. The van der Waals surface area contributed by atoms with Gasteiger partial charge in [-0.3, -0.25) is 14.9 Å². The zero-order valence-corrected chi connectivity index (χ0v) is 8.11. The van der Waals surface area contributed by atoms with E-state index in [0.29, 0.717) is 6.07 Å². The molecule has 1 aromatic carbocycles. The maximum Gasteiger partial charge on any atom is 0.283 e. The summed E-state index contributed by atoms with van der Waals surface area (Å²) in [7, 11) is 1.22. The molecule has 0 N–H and O–H groups in total. The van der Waals surface area contributed by atoms with Crippen molar-refractivity contribution in [2.45, 2.75) is 6.92 Å². The van der Waals surface area contributed by atoms with Gasteiger partial charge >= 0.3 is 0 Å². The van der Waals surface area contributed by atoms with Crippen molar-refractivity contribution in [3.63, 3.8) is 0 Å². The zero-order valence-electron chi connectivity index (χ0n) is 8.11. The number of nitro groups is 1. The van der Waals surface area contributed by atoms with Gasteiger partial charge in [-0.2, -0.15) is 0 Å². The van der Waals surface area contributed by atoms with Gasteiger partial charge in [-0.25, -0.2) is 4.39 Å². The van der Waals surface area contributed by atoms with Gasteiger partial charge in [0, 0.05) is 6.07 Å². The molecule has 0 amide bonds. The molecule has 0 saturated heterocycles. The summed E-state index contributed by atoms with van der Waals surface area (Å²) in [6, 6.07) is 1.70. The molecule has 0 bridgehead atoms. The molecule has 1 aromatic rings. The molecule has 15 heavy (non-hydrogen) atoms. The number of rotatable bonds is 3. The Labute approximate surface area is 84.6 Å². The van der Waals surface area contributed by atoms with Crippen LogP contribution in [0.3, 0.4) is 0 Å². The van der Waals surface area contributed by atoms with Crippen molar-refractivity contribution in [3.05, 3.63) is 33.6 Å². The maximum atomic E-state index is 13.1. The average molecular weight is 213 g/mol. The lowest BCUT2D eigenvalue weighted by molar-refractivity contribution is -0.385. The molecule has 6 heteroatoms. The van der Waals surface area contributed by atoms with E-state index < -0.39 is 22.2 Å². The fraction of sp³-hybridized carbons (Fsp3) is 0.222. The summed E-state index contributed by atoms with van der Waals surface area (Å²) in [4.78, 5) is 20.8. The summed E-state index contributed by atoms with van der Waals surface area (Å²) >= 11 is 0. The lowest BCUT2D eigenvalue weighted by Crippen LogP contribution is -2.02. The number of halogens is 1. The summed E-state index contributed by atoms with van der Waals surface area (Å²) in [6.07, 6.45) is 0. The van der Waals surface area contributed by atoms with Gasteiger partial charge in [0.2, 0.25) is 0 Å². The number of ether oxygens (including phenoxy) is 1. The second kappa shape index (κ2) is 4.04. The molecule has 0 radical (unpaired) electrons. The number of methoxy groups -OCH3 is 1. The standard InChI is InChI=1S/C9H8FNO4/c1-5(12)6-3-9(15-2)7(10)4-8(6)11(13)14/h3-4H,1-2H3. The SMILES string of the molecule is COc1cc(C(C)=O)c([N+](=O)[O-])cc1F. The van der Waals surface area contributed by atoms with E-state index in [4.69, 9.17) is 0 Å². The van der Waals surface area contributed by atoms with Gasteiger partial charge in [0.05, 0.1) is 23.7 Å². The van der Waals surface area contributed by atoms with Crippen LogP contribution in [0.2, 0.25) is 0 Å². The van der Waals surface area contributed by atoms with E-state index in [0.717, 1.165) is 6.07 Å². The van der Waals surface area contributed by atoms with Crippen LogP contribution >= 0.6 is 0 Å². The Bertz CT molecular complexity index is 430. The minimum Gasteiger partial charge on any atom is -0.494 e. The number of nitro benzene ring substituents is 1. The first-order valence-corrected chi connectivity index (χ1v) is 4.00. The number of carbonyl (C=O) groups is 1. The molecule has 1 rings (SSSR count). The number of benzene rings is 1. The lowest BCUT2D eigenvalue weighted by atomic mass is 10.1. The van der Waals surface area contributed by atoms with Gasteiger partial charge in [0.15, 0.2) is 17.3 Å². The third kappa shape index (κ3) is 2.09. The van der Waals surface area contributed by atoms with Crippen molar-refractivity contribution in [3.8, 4) is 5.75 Å². The molecule has 0 heterocycles. The van der Waals surface area contributed by atoms with Gasteiger partial charge < -0.3 is 4.74 Å². The monoisotopic (exact) mass is 213 g/mol. The normalized spacial score (nSPS) is 9.80. The van der Waals surface area contributed by atoms with Crippen LogP contribution in [0.15, 0.2) is 12.1 Å². The molecule has 0 fully saturated rings. The minimum atomic E-state index is -0.866. The zero-order chi connectivity index (χ0) is 11.6. The molecule has 0 spiro atoms. The Balaban J connectivity index is 3.45. The first kappa shape index (κ1) is 11.1. The van der Waals surface area contributed by atoms with E-state index in [9.17, 15) is 19.3 Å². The van der Waals surface area contributed by atoms with Crippen molar-refractivity contribution in [1.82, 2.24) is 0 Å². The Kier molecular flexibility index (Phi) is 2.99. The second-order valence-corrected chi connectivity index (χ2v) is 2.82. The third-order valence-corrected chi connectivity index (χ3v) is 1.85. The minimum absolute atomic E-state index is 0.168.